The molecule has 1 aliphatic heterocycles. The molecule has 1 aliphatic rings. The van der Waals surface area contributed by atoms with Gasteiger partial charge >= 0.3 is 10.2 Å². The van der Waals surface area contributed by atoms with E-state index >= 15 is 0 Å². The molecule has 1 N–H and O–H groups in total. The first-order valence-electron chi connectivity index (χ1n) is 11.6. The molecule has 0 atom stereocenters. The Bertz CT molecular complexity index is 1380. The van der Waals surface area contributed by atoms with Crippen LogP contribution in [0.25, 0.3) is 5.65 Å². The summed E-state index contributed by atoms with van der Waals surface area (Å²) in [5.41, 5.74) is -0.865. The van der Waals surface area contributed by atoms with E-state index < -0.39 is 33.0 Å². The van der Waals surface area contributed by atoms with Crippen LogP contribution < -0.4 is 15.3 Å². The third-order valence-corrected chi connectivity index (χ3v) is 7.11. The first-order chi connectivity index (χ1) is 17.2. The number of fused-ring (bicyclic) bond motifs is 1. The van der Waals surface area contributed by atoms with Gasteiger partial charge in [-0.2, -0.15) is 4.52 Å². The van der Waals surface area contributed by atoms with Crippen molar-refractivity contribution in [3.8, 4) is 5.88 Å². The van der Waals surface area contributed by atoms with Gasteiger partial charge in [0.25, 0.3) is 0 Å². The van der Waals surface area contributed by atoms with E-state index in [1.165, 1.54) is 11.0 Å². The number of nitrogens with one attached hydrogen (secondary N) is 1. The van der Waals surface area contributed by atoms with Crippen LogP contribution in [-0.4, -0.2) is 57.6 Å². The summed E-state index contributed by atoms with van der Waals surface area (Å²) in [6.45, 7) is 4.03. The molecule has 4 rings (SSSR count). The monoisotopic (exact) mass is 550 g/mol. The summed E-state index contributed by atoms with van der Waals surface area (Å²) in [5.74, 6) is -0.682. The van der Waals surface area contributed by atoms with Crippen molar-refractivity contribution in [3.63, 3.8) is 0 Å². The lowest BCUT2D eigenvalue weighted by molar-refractivity contribution is 0.0965. The van der Waals surface area contributed by atoms with Gasteiger partial charge in [-0.05, 0) is 37.1 Å². The van der Waals surface area contributed by atoms with Crippen molar-refractivity contribution in [1.82, 2.24) is 19.4 Å². The molecule has 204 valence electrons. The zero-order chi connectivity index (χ0) is 27.1. The number of carbonyl (C=O) groups excluding carboxylic acids is 1. The van der Waals surface area contributed by atoms with Crippen molar-refractivity contribution in [1.29, 1.82) is 5.41 Å². The van der Waals surface area contributed by atoms with Crippen molar-refractivity contribution >= 4 is 27.3 Å². The molecule has 0 saturated carbocycles. The lowest BCUT2D eigenvalue weighted by atomic mass is 10.1. The number of Topliss-reactive ketones (excluding diaryl/α,β-unsaturated/α-hetero) is 1. The quantitative estimate of drug-likeness (QED) is 0.299. The van der Waals surface area contributed by atoms with Gasteiger partial charge in [-0.3, -0.25) is 10.2 Å². The zero-order valence-electron chi connectivity index (χ0n) is 20.2. The van der Waals surface area contributed by atoms with Crippen LogP contribution >= 0.6 is 10.2 Å². The van der Waals surface area contributed by atoms with E-state index in [1.807, 2.05) is 13.8 Å². The van der Waals surface area contributed by atoms with Crippen LogP contribution in [-0.2, 0) is 11.3 Å². The van der Waals surface area contributed by atoms with E-state index in [0.717, 1.165) is 28.1 Å². The van der Waals surface area contributed by atoms with Crippen LogP contribution in [0.5, 0.6) is 5.88 Å². The number of ketones is 1. The van der Waals surface area contributed by atoms with Gasteiger partial charge in [0.2, 0.25) is 11.5 Å². The second kappa shape index (κ2) is 8.97. The van der Waals surface area contributed by atoms with Gasteiger partial charge in [0.05, 0.1) is 19.3 Å². The topological polar surface area (TPSA) is 97.7 Å². The SMILES string of the molecule is CCC(CC)Oc1ccc2nn(CC(=O)c3cc(N4CCOCC4)cc(S(F)(F)(F)(F)F)c3)c(=N)n2n1. The van der Waals surface area contributed by atoms with E-state index in [1.54, 1.807) is 6.07 Å². The highest BCUT2D eigenvalue weighted by molar-refractivity contribution is 8.45. The Morgan fingerprint density at radius 2 is 1.76 bits per heavy atom. The first-order valence-corrected chi connectivity index (χ1v) is 13.6. The van der Waals surface area contributed by atoms with Crippen molar-refractivity contribution in [3.05, 3.63) is 41.5 Å². The van der Waals surface area contributed by atoms with E-state index in [0.29, 0.717) is 6.07 Å². The van der Waals surface area contributed by atoms with Gasteiger partial charge in [0, 0.05) is 30.4 Å². The Balaban J connectivity index is 1.68. The summed E-state index contributed by atoms with van der Waals surface area (Å²) < 4.78 is 81.6. The van der Waals surface area contributed by atoms with Crippen molar-refractivity contribution in [2.24, 2.45) is 0 Å². The number of ether oxygens (including phenoxy) is 2. The predicted octanol–water partition coefficient (Wildman–Crippen LogP) is 4.95. The maximum atomic E-state index is 13.7. The van der Waals surface area contributed by atoms with Crippen molar-refractivity contribution < 1.29 is 33.7 Å². The van der Waals surface area contributed by atoms with Gasteiger partial charge in [-0.15, -0.1) is 10.2 Å². The van der Waals surface area contributed by atoms with Gasteiger partial charge in [-0.1, -0.05) is 33.3 Å². The molecule has 1 aromatic carbocycles. The minimum Gasteiger partial charge on any atom is -0.473 e. The number of benzene rings is 1. The smallest absolute Gasteiger partial charge is 0.310 e. The Morgan fingerprint density at radius 3 is 2.38 bits per heavy atom. The Hall–Kier alpha value is -3.20. The molecule has 3 aromatic rings. The molecule has 0 amide bonds. The lowest BCUT2D eigenvalue weighted by Gasteiger charge is -2.41. The second-order valence-corrected chi connectivity index (χ2v) is 11.1. The number of aromatic nitrogens is 4. The number of anilines is 1. The molecule has 0 radical (unpaired) electrons. The minimum atomic E-state index is -10.1. The first kappa shape index (κ1) is 26.9. The average Bonchev–Trinajstić information content (AvgIpc) is 3.15. The van der Waals surface area contributed by atoms with E-state index in [9.17, 15) is 24.2 Å². The maximum absolute atomic E-state index is 13.7. The highest BCUT2D eigenvalue weighted by Gasteiger charge is 2.65. The molecular weight excluding hydrogens is 523 g/mol. The molecular formula is C22H27F5N6O3S. The Labute approximate surface area is 209 Å². The molecule has 0 aliphatic carbocycles. The number of hydrogen-bond donors (Lipinski definition) is 1. The number of hydrogen-bond acceptors (Lipinski definition) is 7. The largest absolute Gasteiger partial charge is 0.473 e. The summed E-state index contributed by atoms with van der Waals surface area (Å²) in [7, 11) is -10.1. The van der Waals surface area contributed by atoms with Crippen molar-refractivity contribution in [2.45, 2.75) is 44.2 Å². The summed E-state index contributed by atoms with van der Waals surface area (Å²) in [6.07, 6.45) is 1.40. The molecule has 0 spiro atoms. The van der Waals surface area contributed by atoms with E-state index in [4.69, 9.17) is 14.9 Å². The highest BCUT2D eigenvalue weighted by atomic mass is 32.5. The number of carbonyl (C=O) groups is 1. The summed E-state index contributed by atoms with van der Waals surface area (Å²) in [5, 5.41) is 16.6. The predicted molar refractivity (Wildman–Crippen MR) is 127 cm³/mol. The van der Waals surface area contributed by atoms with E-state index in [-0.39, 0.29) is 61.3 Å². The molecule has 0 bridgehead atoms. The zero-order valence-corrected chi connectivity index (χ0v) is 21.0. The normalized spacial score (nSPS) is 16.6. The average molecular weight is 551 g/mol. The molecule has 15 heteroatoms. The van der Waals surface area contributed by atoms with Crippen LogP contribution in [0.4, 0.5) is 25.1 Å². The molecule has 9 nitrogen and oxygen atoms in total. The third-order valence-electron chi connectivity index (χ3n) is 5.99. The summed E-state index contributed by atoms with van der Waals surface area (Å²) >= 11 is 0. The van der Waals surface area contributed by atoms with E-state index in [2.05, 4.69) is 10.2 Å². The number of morpholine rings is 1. The standard InChI is InChI=1S/C22H27F5N6O3S/c1-3-17(4-2)36-21-6-5-20-29-32(22(28)33(20)30-21)14-19(34)15-11-16(31-7-9-35-10-8-31)13-18(12-15)37(23,24,25,26)27/h5-6,11-13,17,28H,3-4,7-10,14H2,1-2H3. The maximum Gasteiger partial charge on any atom is 0.310 e. The fourth-order valence-corrected chi connectivity index (χ4v) is 4.60. The molecule has 37 heavy (non-hydrogen) atoms. The minimum absolute atomic E-state index is 0.0847. The molecule has 3 heterocycles. The van der Waals surface area contributed by atoms with Crippen LogP contribution in [0, 0.1) is 5.41 Å². The second-order valence-electron chi connectivity index (χ2n) is 8.69. The fraction of sp³-hybridized carbons (Fsp3) is 0.455. The van der Waals surface area contributed by atoms with Gasteiger partial charge in [0.15, 0.2) is 11.4 Å². The lowest BCUT2D eigenvalue weighted by Crippen LogP contribution is -2.36. The van der Waals surface area contributed by atoms with Gasteiger partial charge in [0.1, 0.15) is 11.4 Å². The molecule has 2 aromatic heterocycles. The number of rotatable bonds is 9. The Kier molecular flexibility index (Phi) is 6.51. The third kappa shape index (κ3) is 6.04. The molecule has 1 fully saturated rings. The van der Waals surface area contributed by atoms with Crippen LogP contribution in [0.3, 0.4) is 0 Å². The fourth-order valence-electron chi connectivity index (χ4n) is 3.91. The molecule has 0 unspecified atom stereocenters. The van der Waals surface area contributed by atoms with Gasteiger partial charge in [-0.25, -0.2) is 4.68 Å². The summed E-state index contributed by atoms with van der Waals surface area (Å²) in [6, 6.07) is 4.74. The molecule has 1 saturated heterocycles. The van der Waals surface area contributed by atoms with Crippen LogP contribution in [0.15, 0.2) is 35.2 Å². The number of nitrogens with zero attached hydrogens (tertiary/aromatic N) is 5. The highest BCUT2D eigenvalue weighted by Crippen LogP contribution is 3.02. The number of halogens is 5. The van der Waals surface area contributed by atoms with Crippen molar-refractivity contribution in [2.75, 3.05) is 31.2 Å². The van der Waals surface area contributed by atoms with Gasteiger partial charge < -0.3 is 14.4 Å². The Morgan fingerprint density at radius 1 is 1.08 bits per heavy atom. The van der Waals surface area contributed by atoms with Crippen LogP contribution in [0.2, 0.25) is 0 Å². The van der Waals surface area contributed by atoms with Crippen LogP contribution in [0.1, 0.15) is 37.0 Å². The summed E-state index contributed by atoms with van der Waals surface area (Å²) in [4.78, 5) is 12.3.